The third-order valence-electron chi connectivity index (χ3n) is 3.78. The second kappa shape index (κ2) is 6.45. The molecule has 0 aromatic heterocycles. The lowest BCUT2D eigenvalue weighted by Gasteiger charge is -2.19. The van der Waals surface area contributed by atoms with E-state index in [2.05, 4.69) is 20.8 Å². The minimum Gasteiger partial charge on any atom is -0.371 e. The molecule has 1 aliphatic heterocycles. The van der Waals surface area contributed by atoms with Crippen LogP contribution >= 0.6 is 15.9 Å². The van der Waals surface area contributed by atoms with Crippen molar-refractivity contribution >= 4 is 31.6 Å². The normalized spacial score (nSPS) is 19.8. The summed E-state index contributed by atoms with van der Waals surface area (Å²) in [6.07, 6.45) is 2.41. The van der Waals surface area contributed by atoms with Gasteiger partial charge in [-0.2, -0.15) is 0 Å². The van der Waals surface area contributed by atoms with Crippen molar-refractivity contribution in [1.29, 1.82) is 0 Å². The fourth-order valence-corrected chi connectivity index (χ4v) is 4.05. The highest BCUT2D eigenvalue weighted by molar-refractivity contribution is 9.09. The van der Waals surface area contributed by atoms with Gasteiger partial charge >= 0.3 is 0 Å². The van der Waals surface area contributed by atoms with Crippen LogP contribution in [0.1, 0.15) is 12.8 Å². The first-order chi connectivity index (χ1) is 9.45. The summed E-state index contributed by atoms with van der Waals surface area (Å²) in [6, 6.07) is 7.21. The molecule has 1 aromatic rings. The molecular weight excluding hydrogens is 340 g/mol. The van der Waals surface area contributed by atoms with Crippen molar-refractivity contribution in [2.24, 2.45) is 5.92 Å². The molecule has 20 heavy (non-hydrogen) atoms. The van der Waals surface area contributed by atoms with E-state index in [0.717, 1.165) is 30.0 Å². The first kappa shape index (κ1) is 15.8. The molecule has 6 heteroatoms. The van der Waals surface area contributed by atoms with Crippen molar-refractivity contribution in [1.82, 2.24) is 4.31 Å². The smallest absolute Gasteiger partial charge is 0.242 e. The molecule has 2 rings (SSSR count). The van der Waals surface area contributed by atoms with Crippen molar-refractivity contribution in [3.63, 3.8) is 0 Å². The molecule has 0 N–H and O–H groups in total. The van der Waals surface area contributed by atoms with Gasteiger partial charge in [-0.1, -0.05) is 15.9 Å². The molecule has 1 aromatic carbocycles. The Morgan fingerprint density at radius 3 is 2.50 bits per heavy atom. The first-order valence-electron chi connectivity index (χ1n) is 6.78. The Hall–Kier alpha value is -0.590. The second-order valence-electron chi connectivity index (χ2n) is 5.36. The van der Waals surface area contributed by atoms with Crippen LogP contribution in [-0.4, -0.2) is 45.2 Å². The van der Waals surface area contributed by atoms with Crippen LogP contribution < -0.4 is 4.90 Å². The Bertz CT molecular complexity index is 543. The highest BCUT2D eigenvalue weighted by Gasteiger charge is 2.23. The minimum absolute atomic E-state index is 0.349. The van der Waals surface area contributed by atoms with Crippen molar-refractivity contribution < 1.29 is 8.42 Å². The van der Waals surface area contributed by atoms with Gasteiger partial charge in [0, 0.05) is 38.2 Å². The van der Waals surface area contributed by atoms with Crippen molar-refractivity contribution in [3.8, 4) is 0 Å². The molecule has 0 saturated carbocycles. The third-order valence-corrected chi connectivity index (χ3v) is 6.07. The monoisotopic (exact) mass is 360 g/mol. The topological polar surface area (TPSA) is 40.6 Å². The Labute approximate surface area is 129 Å². The Balaban J connectivity index is 2.10. The standard InChI is InChI=1S/C14H21BrN2O2S/c1-16(2)20(18,19)14-5-3-13(4-6-14)17-10-8-12(11-17)7-9-15/h3-6,12H,7-11H2,1-2H3. The summed E-state index contributed by atoms with van der Waals surface area (Å²) >= 11 is 3.49. The molecule has 0 radical (unpaired) electrons. The maximum Gasteiger partial charge on any atom is 0.242 e. The van der Waals surface area contributed by atoms with Crippen molar-refractivity contribution in [2.75, 3.05) is 37.4 Å². The van der Waals surface area contributed by atoms with Crippen LogP contribution in [0.25, 0.3) is 0 Å². The van der Waals surface area contributed by atoms with Crippen LogP contribution in [0.5, 0.6) is 0 Å². The number of halogens is 1. The van der Waals surface area contributed by atoms with Gasteiger partial charge in [-0.15, -0.1) is 0 Å². The average Bonchev–Trinajstić information content (AvgIpc) is 2.88. The van der Waals surface area contributed by atoms with Crippen LogP contribution in [0.3, 0.4) is 0 Å². The average molecular weight is 361 g/mol. The van der Waals surface area contributed by atoms with Crippen LogP contribution in [0.15, 0.2) is 29.2 Å². The number of nitrogens with zero attached hydrogens (tertiary/aromatic N) is 2. The number of hydrogen-bond acceptors (Lipinski definition) is 3. The maximum atomic E-state index is 12.0. The van der Waals surface area contributed by atoms with Gasteiger partial charge < -0.3 is 4.90 Å². The fourth-order valence-electron chi connectivity index (χ4n) is 2.50. The summed E-state index contributed by atoms with van der Waals surface area (Å²) in [4.78, 5) is 2.68. The van der Waals surface area contributed by atoms with Gasteiger partial charge in [-0.25, -0.2) is 12.7 Å². The number of sulfonamides is 1. The molecule has 1 fully saturated rings. The highest BCUT2D eigenvalue weighted by atomic mass is 79.9. The molecule has 1 atom stereocenters. The van der Waals surface area contributed by atoms with Crippen molar-refractivity contribution in [2.45, 2.75) is 17.7 Å². The van der Waals surface area contributed by atoms with Crippen LogP contribution in [0, 0.1) is 5.92 Å². The van der Waals surface area contributed by atoms with Crippen LogP contribution in [-0.2, 0) is 10.0 Å². The van der Waals surface area contributed by atoms with Gasteiger partial charge in [0.25, 0.3) is 0 Å². The predicted octanol–water partition coefficient (Wildman–Crippen LogP) is 2.55. The molecule has 1 heterocycles. The third kappa shape index (κ3) is 3.35. The Morgan fingerprint density at radius 2 is 1.95 bits per heavy atom. The quantitative estimate of drug-likeness (QED) is 0.757. The lowest BCUT2D eigenvalue weighted by molar-refractivity contribution is 0.521. The van der Waals surface area contributed by atoms with E-state index in [-0.39, 0.29) is 0 Å². The SMILES string of the molecule is CN(C)S(=O)(=O)c1ccc(N2CCC(CCBr)C2)cc1. The highest BCUT2D eigenvalue weighted by Crippen LogP contribution is 2.27. The number of rotatable bonds is 5. The Morgan fingerprint density at radius 1 is 1.30 bits per heavy atom. The lowest BCUT2D eigenvalue weighted by atomic mass is 10.1. The maximum absolute atomic E-state index is 12.0. The van der Waals surface area contributed by atoms with Gasteiger partial charge in [0.05, 0.1) is 4.90 Å². The number of benzene rings is 1. The summed E-state index contributed by atoms with van der Waals surface area (Å²) in [5.41, 5.74) is 1.11. The van der Waals surface area contributed by atoms with E-state index in [0.29, 0.717) is 4.90 Å². The molecule has 0 amide bonds. The van der Waals surface area contributed by atoms with Crippen LogP contribution in [0.2, 0.25) is 0 Å². The molecular formula is C14H21BrN2O2S. The van der Waals surface area contributed by atoms with E-state index in [1.54, 1.807) is 26.2 Å². The summed E-state index contributed by atoms with van der Waals surface area (Å²) in [7, 11) is -0.228. The lowest BCUT2D eigenvalue weighted by Crippen LogP contribution is -2.23. The molecule has 0 aliphatic carbocycles. The van der Waals surface area contributed by atoms with Gasteiger partial charge in [0.1, 0.15) is 0 Å². The van der Waals surface area contributed by atoms with E-state index in [4.69, 9.17) is 0 Å². The number of alkyl halides is 1. The van der Waals surface area contributed by atoms with Gasteiger partial charge in [-0.05, 0) is 43.0 Å². The van der Waals surface area contributed by atoms with E-state index < -0.39 is 10.0 Å². The summed E-state index contributed by atoms with van der Waals surface area (Å²) < 4.78 is 25.3. The van der Waals surface area contributed by atoms with E-state index in [9.17, 15) is 8.42 Å². The zero-order valence-electron chi connectivity index (χ0n) is 11.9. The van der Waals surface area contributed by atoms with Crippen molar-refractivity contribution in [3.05, 3.63) is 24.3 Å². The summed E-state index contributed by atoms with van der Waals surface area (Å²) in [6.45, 7) is 2.11. The molecule has 0 spiro atoms. The fraction of sp³-hybridized carbons (Fsp3) is 0.571. The zero-order chi connectivity index (χ0) is 14.8. The second-order valence-corrected chi connectivity index (χ2v) is 8.30. The molecule has 1 unspecified atom stereocenters. The molecule has 112 valence electrons. The number of hydrogen-bond donors (Lipinski definition) is 0. The van der Waals surface area contributed by atoms with Gasteiger partial charge in [-0.3, -0.25) is 0 Å². The molecule has 1 saturated heterocycles. The number of anilines is 1. The van der Waals surface area contributed by atoms with Gasteiger partial charge in [0.2, 0.25) is 10.0 Å². The summed E-state index contributed by atoms with van der Waals surface area (Å²) in [5, 5.41) is 1.05. The largest absolute Gasteiger partial charge is 0.371 e. The zero-order valence-corrected chi connectivity index (χ0v) is 14.3. The Kier molecular flexibility index (Phi) is 5.09. The molecule has 1 aliphatic rings. The van der Waals surface area contributed by atoms with Crippen LogP contribution in [0.4, 0.5) is 5.69 Å². The predicted molar refractivity (Wildman–Crippen MR) is 86.0 cm³/mol. The van der Waals surface area contributed by atoms with E-state index in [1.165, 1.54) is 17.1 Å². The first-order valence-corrected chi connectivity index (χ1v) is 9.35. The van der Waals surface area contributed by atoms with E-state index >= 15 is 0 Å². The summed E-state index contributed by atoms with van der Waals surface area (Å²) in [5.74, 6) is 0.736. The van der Waals surface area contributed by atoms with E-state index in [1.807, 2.05) is 12.1 Å². The molecule has 0 bridgehead atoms. The van der Waals surface area contributed by atoms with Gasteiger partial charge in [0.15, 0.2) is 0 Å². The minimum atomic E-state index is -3.33. The molecule has 4 nitrogen and oxygen atoms in total.